The van der Waals surface area contributed by atoms with E-state index in [1.165, 1.54) is 5.56 Å². The molecule has 0 heterocycles. The van der Waals surface area contributed by atoms with Crippen molar-refractivity contribution in [3.63, 3.8) is 0 Å². The van der Waals surface area contributed by atoms with Gasteiger partial charge >= 0.3 is 0 Å². The number of ether oxygens (including phenoxy) is 3. The van der Waals surface area contributed by atoms with Gasteiger partial charge in [-0.05, 0) is 41.9 Å². The maximum atomic E-state index is 5.40. The topological polar surface area (TPSA) is 27.7 Å². The van der Waals surface area contributed by atoms with Crippen LogP contribution in [-0.4, -0.2) is 26.1 Å². The molecule has 2 aromatic carbocycles. The minimum Gasteiger partial charge on any atom is -0.490 e. The van der Waals surface area contributed by atoms with Gasteiger partial charge in [-0.15, -0.1) is 0 Å². The van der Waals surface area contributed by atoms with Crippen LogP contribution >= 0.6 is 12.2 Å². The number of thiocarbonyl (C=S) groups is 1. The Bertz CT molecular complexity index is 581. The van der Waals surface area contributed by atoms with E-state index in [9.17, 15) is 0 Å². The van der Waals surface area contributed by atoms with Gasteiger partial charge in [-0.1, -0.05) is 42.5 Å². The maximum absolute atomic E-state index is 5.40. The van der Waals surface area contributed by atoms with E-state index in [2.05, 4.69) is 12.1 Å². The van der Waals surface area contributed by atoms with Gasteiger partial charge in [0.15, 0.2) is 11.8 Å². The largest absolute Gasteiger partial charge is 0.490 e. The fraction of sp³-hybridized carbons (Fsp3) is 0.278. The zero-order valence-electron chi connectivity index (χ0n) is 12.8. The highest BCUT2D eigenvalue weighted by Gasteiger charge is 2.18. The Morgan fingerprint density at radius 2 is 1.68 bits per heavy atom. The third-order valence-corrected chi connectivity index (χ3v) is 3.85. The van der Waals surface area contributed by atoms with Crippen molar-refractivity contribution in [1.29, 1.82) is 0 Å². The molecule has 0 aliphatic rings. The Hall–Kier alpha value is -1.91. The SMILES string of the molecule is COCOc1ccc(CC(C(=S)OC)c2ccccc2)cc1. The summed E-state index contributed by atoms with van der Waals surface area (Å²) in [4.78, 5) is 0. The first kappa shape index (κ1) is 16.5. The molecule has 116 valence electrons. The molecule has 0 aliphatic carbocycles. The number of hydrogen-bond acceptors (Lipinski definition) is 4. The molecule has 0 fully saturated rings. The van der Waals surface area contributed by atoms with E-state index in [1.54, 1.807) is 14.2 Å². The quantitative estimate of drug-likeness (QED) is 0.571. The lowest BCUT2D eigenvalue weighted by atomic mass is 9.92. The molecule has 4 heteroatoms. The summed E-state index contributed by atoms with van der Waals surface area (Å²) in [6, 6.07) is 18.1. The molecular formula is C18H20O3S. The molecule has 0 aliphatic heterocycles. The van der Waals surface area contributed by atoms with E-state index < -0.39 is 0 Å². The molecule has 0 saturated heterocycles. The zero-order valence-corrected chi connectivity index (χ0v) is 13.6. The molecule has 2 rings (SSSR count). The normalized spacial score (nSPS) is 11.7. The van der Waals surface area contributed by atoms with Crippen LogP contribution in [0.2, 0.25) is 0 Å². The lowest BCUT2D eigenvalue weighted by Gasteiger charge is -2.18. The van der Waals surface area contributed by atoms with Crippen LogP contribution in [0.25, 0.3) is 0 Å². The lowest BCUT2D eigenvalue weighted by molar-refractivity contribution is 0.0511. The highest BCUT2D eigenvalue weighted by Crippen LogP contribution is 2.24. The van der Waals surface area contributed by atoms with Gasteiger partial charge in [0.2, 0.25) is 0 Å². The van der Waals surface area contributed by atoms with Gasteiger partial charge in [0.05, 0.1) is 13.0 Å². The van der Waals surface area contributed by atoms with Crippen molar-refractivity contribution in [3.05, 3.63) is 65.7 Å². The third-order valence-electron chi connectivity index (χ3n) is 3.39. The maximum Gasteiger partial charge on any atom is 0.188 e. The molecule has 0 N–H and O–H groups in total. The highest BCUT2D eigenvalue weighted by molar-refractivity contribution is 7.80. The predicted molar refractivity (Wildman–Crippen MR) is 91.4 cm³/mol. The van der Waals surface area contributed by atoms with Crippen molar-refractivity contribution in [3.8, 4) is 5.75 Å². The van der Waals surface area contributed by atoms with E-state index in [4.69, 9.17) is 26.4 Å². The Labute approximate surface area is 136 Å². The standard InChI is InChI=1S/C18H20O3S/c1-19-13-21-16-10-8-14(9-11-16)12-17(18(22)20-2)15-6-4-3-5-7-15/h3-11,17H,12-13H2,1-2H3. The Morgan fingerprint density at radius 3 is 2.27 bits per heavy atom. The van der Waals surface area contributed by atoms with Crippen molar-refractivity contribution in [2.24, 2.45) is 0 Å². The molecule has 1 unspecified atom stereocenters. The van der Waals surface area contributed by atoms with Crippen LogP contribution in [0.4, 0.5) is 0 Å². The molecule has 3 nitrogen and oxygen atoms in total. The van der Waals surface area contributed by atoms with Gasteiger partial charge in [0.1, 0.15) is 5.75 Å². The van der Waals surface area contributed by atoms with Crippen molar-refractivity contribution in [2.75, 3.05) is 21.0 Å². The molecule has 0 saturated carbocycles. The summed E-state index contributed by atoms with van der Waals surface area (Å²) < 4.78 is 15.6. The Kier molecular flexibility index (Phi) is 6.37. The summed E-state index contributed by atoms with van der Waals surface area (Å²) in [6.45, 7) is 0.250. The average Bonchev–Trinajstić information content (AvgIpc) is 2.59. The fourth-order valence-electron chi connectivity index (χ4n) is 2.25. The van der Waals surface area contributed by atoms with Crippen molar-refractivity contribution in [2.45, 2.75) is 12.3 Å². The summed E-state index contributed by atoms with van der Waals surface area (Å²) in [5, 5.41) is 0.603. The highest BCUT2D eigenvalue weighted by atomic mass is 32.1. The van der Waals surface area contributed by atoms with Gasteiger partial charge in [-0.3, -0.25) is 0 Å². The monoisotopic (exact) mass is 316 g/mol. The predicted octanol–water partition coefficient (Wildman–Crippen LogP) is 3.97. The first-order chi connectivity index (χ1) is 10.7. The summed E-state index contributed by atoms with van der Waals surface area (Å²) in [6.07, 6.45) is 0.793. The van der Waals surface area contributed by atoms with Gasteiger partial charge in [-0.2, -0.15) is 0 Å². The lowest BCUT2D eigenvalue weighted by Crippen LogP contribution is -2.15. The number of hydrogen-bond donors (Lipinski definition) is 0. The number of methoxy groups -OCH3 is 2. The molecule has 0 amide bonds. The molecule has 2 aromatic rings. The van der Waals surface area contributed by atoms with Crippen LogP contribution in [0.1, 0.15) is 17.0 Å². The molecule has 0 bridgehead atoms. The number of rotatable bonds is 7. The molecule has 1 atom stereocenters. The molecule has 22 heavy (non-hydrogen) atoms. The Balaban J connectivity index is 2.12. The van der Waals surface area contributed by atoms with E-state index >= 15 is 0 Å². The second-order valence-electron chi connectivity index (χ2n) is 4.89. The second kappa shape index (κ2) is 8.51. The smallest absolute Gasteiger partial charge is 0.188 e. The van der Waals surface area contributed by atoms with Crippen LogP contribution in [0.5, 0.6) is 5.75 Å². The van der Waals surface area contributed by atoms with Crippen molar-refractivity contribution < 1.29 is 14.2 Å². The van der Waals surface area contributed by atoms with Gasteiger partial charge < -0.3 is 14.2 Å². The van der Waals surface area contributed by atoms with E-state index in [1.807, 2.05) is 42.5 Å². The van der Waals surface area contributed by atoms with Crippen LogP contribution < -0.4 is 4.74 Å². The van der Waals surface area contributed by atoms with Crippen LogP contribution in [0, 0.1) is 0 Å². The Morgan fingerprint density at radius 1 is 1.00 bits per heavy atom. The molecule has 0 radical (unpaired) electrons. The number of benzene rings is 2. The first-order valence-corrected chi connectivity index (χ1v) is 7.49. The first-order valence-electron chi connectivity index (χ1n) is 7.08. The summed E-state index contributed by atoms with van der Waals surface area (Å²) in [5.41, 5.74) is 2.34. The van der Waals surface area contributed by atoms with Crippen molar-refractivity contribution in [1.82, 2.24) is 0 Å². The minimum absolute atomic E-state index is 0.0620. The molecular weight excluding hydrogens is 296 g/mol. The third kappa shape index (κ3) is 4.55. The second-order valence-corrected chi connectivity index (χ2v) is 5.29. The minimum atomic E-state index is 0.0620. The van der Waals surface area contributed by atoms with Crippen LogP contribution in [0.15, 0.2) is 54.6 Å². The van der Waals surface area contributed by atoms with E-state index in [0.29, 0.717) is 5.05 Å². The zero-order chi connectivity index (χ0) is 15.8. The van der Waals surface area contributed by atoms with Crippen molar-refractivity contribution >= 4 is 17.3 Å². The van der Waals surface area contributed by atoms with Gasteiger partial charge in [-0.25, -0.2) is 0 Å². The summed E-state index contributed by atoms with van der Waals surface area (Å²) >= 11 is 5.38. The van der Waals surface area contributed by atoms with E-state index in [-0.39, 0.29) is 12.7 Å². The average molecular weight is 316 g/mol. The fourth-order valence-corrected chi connectivity index (χ4v) is 2.47. The van der Waals surface area contributed by atoms with Crippen LogP contribution in [-0.2, 0) is 15.9 Å². The summed E-state index contributed by atoms with van der Waals surface area (Å²) in [5.74, 6) is 0.850. The van der Waals surface area contributed by atoms with Gasteiger partial charge in [0, 0.05) is 7.11 Å². The molecule has 0 spiro atoms. The van der Waals surface area contributed by atoms with E-state index in [0.717, 1.165) is 17.7 Å². The molecule has 0 aromatic heterocycles. The van der Waals surface area contributed by atoms with Gasteiger partial charge in [0.25, 0.3) is 0 Å². The summed E-state index contributed by atoms with van der Waals surface area (Å²) in [7, 11) is 3.23. The van der Waals surface area contributed by atoms with Crippen LogP contribution in [0.3, 0.4) is 0 Å².